The highest BCUT2D eigenvalue weighted by Gasteiger charge is 1.76. The highest BCUT2D eigenvalue weighted by Crippen LogP contribution is 1.85. The molecule has 2 heteroatoms. The second-order valence-electron chi connectivity index (χ2n) is 1.63. The number of allylic oxidation sites excluding steroid dienone is 1. The van der Waals surface area contributed by atoms with Crippen LogP contribution in [0.2, 0.25) is 0 Å². The number of rotatable bonds is 3. The van der Waals surface area contributed by atoms with Crippen LogP contribution in [0.3, 0.4) is 0 Å². The summed E-state index contributed by atoms with van der Waals surface area (Å²) < 4.78 is 0. The van der Waals surface area contributed by atoms with E-state index in [1.807, 2.05) is 12.2 Å². The van der Waals surface area contributed by atoms with Crippen LogP contribution < -0.4 is 5.73 Å². The molecule has 0 saturated carbocycles. The molecule has 0 spiro atoms. The first kappa shape index (κ1) is 8.11. The average molecular weight is 124 g/mol. The van der Waals surface area contributed by atoms with E-state index in [2.05, 4.69) is 11.6 Å². The first-order chi connectivity index (χ1) is 4.31. The molecule has 50 valence electrons. The van der Waals surface area contributed by atoms with E-state index in [1.54, 1.807) is 13.3 Å². The van der Waals surface area contributed by atoms with E-state index in [0.29, 0.717) is 6.54 Å². The summed E-state index contributed by atoms with van der Waals surface area (Å²) in [4.78, 5) is 3.75. The molecule has 0 radical (unpaired) electrons. The first-order valence-corrected chi connectivity index (χ1v) is 2.78. The van der Waals surface area contributed by atoms with Crippen molar-refractivity contribution in [2.24, 2.45) is 10.7 Å². The van der Waals surface area contributed by atoms with Crippen molar-refractivity contribution in [1.82, 2.24) is 0 Å². The van der Waals surface area contributed by atoms with Crippen molar-refractivity contribution in [3.63, 3.8) is 0 Å². The molecule has 0 aromatic rings. The van der Waals surface area contributed by atoms with Gasteiger partial charge in [-0.05, 0) is 11.6 Å². The monoisotopic (exact) mass is 124 g/mol. The molecule has 0 atom stereocenters. The quantitative estimate of drug-likeness (QED) is 0.437. The van der Waals surface area contributed by atoms with Crippen molar-refractivity contribution in [1.29, 1.82) is 0 Å². The molecule has 9 heavy (non-hydrogen) atoms. The fourth-order valence-corrected chi connectivity index (χ4v) is 0.333. The highest BCUT2D eigenvalue weighted by atomic mass is 14.6. The van der Waals surface area contributed by atoms with Gasteiger partial charge in [-0.1, -0.05) is 12.7 Å². The lowest BCUT2D eigenvalue weighted by molar-refractivity contribution is 1.20. The van der Waals surface area contributed by atoms with E-state index in [4.69, 9.17) is 5.73 Å². The molecule has 0 aromatic heterocycles. The molecule has 0 bridgehead atoms. The van der Waals surface area contributed by atoms with Crippen LogP contribution in [-0.4, -0.2) is 19.8 Å². The second-order valence-corrected chi connectivity index (χ2v) is 1.63. The predicted molar refractivity (Wildman–Crippen MR) is 41.8 cm³/mol. The van der Waals surface area contributed by atoms with Gasteiger partial charge in [0.25, 0.3) is 0 Å². The fraction of sp³-hybridized carbons (Fsp3) is 0.286. The Kier molecular flexibility index (Phi) is 4.73. The minimum Gasteiger partial charge on any atom is -0.327 e. The third kappa shape index (κ3) is 4.97. The van der Waals surface area contributed by atoms with Crippen molar-refractivity contribution in [2.45, 2.75) is 0 Å². The second kappa shape index (κ2) is 5.25. The lowest BCUT2D eigenvalue weighted by Crippen LogP contribution is -1.98. The molecule has 0 aliphatic rings. The predicted octanol–water partition coefficient (Wildman–Crippen LogP) is 0.758. The van der Waals surface area contributed by atoms with Crippen LogP contribution in [0.5, 0.6) is 0 Å². The van der Waals surface area contributed by atoms with E-state index in [1.165, 1.54) is 0 Å². The zero-order valence-corrected chi connectivity index (χ0v) is 5.67. The zero-order chi connectivity index (χ0) is 7.11. The third-order valence-electron chi connectivity index (χ3n) is 0.829. The SMILES string of the molecule is C=C(/C=C\C=NC)CN. The number of nitrogens with zero attached hydrogens (tertiary/aromatic N) is 1. The van der Waals surface area contributed by atoms with Gasteiger partial charge in [-0.3, -0.25) is 4.99 Å². The minimum absolute atomic E-state index is 0.508. The maximum atomic E-state index is 5.26. The molecule has 0 aliphatic carbocycles. The lowest BCUT2D eigenvalue weighted by atomic mass is 10.3. The standard InChI is InChI=1S/C7H12N2/c1-7(6-8)4-3-5-9-2/h3-5H,1,6,8H2,2H3/b4-3-,9-5?. The Bertz CT molecular complexity index is 134. The van der Waals surface area contributed by atoms with Gasteiger partial charge in [0, 0.05) is 19.8 Å². The Morgan fingerprint density at radius 1 is 1.78 bits per heavy atom. The van der Waals surface area contributed by atoms with E-state index in [0.717, 1.165) is 5.57 Å². The van der Waals surface area contributed by atoms with Crippen LogP contribution in [0.1, 0.15) is 0 Å². The van der Waals surface area contributed by atoms with Gasteiger partial charge in [-0.2, -0.15) is 0 Å². The molecule has 0 rings (SSSR count). The van der Waals surface area contributed by atoms with Crippen molar-refractivity contribution in [2.75, 3.05) is 13.6 Å². The van der Waals surface area contributed by atoms with E-state index in [-0.39, 0.29) is 0 Å². The van der Waals surface area contributed by atoms with Crippen molar-refractivity contribution in [3.05, 3.63) is 24.3 Å². The molecule has 0 saturated heterocycles. The Balaban J connectivity index is 3.57. The molecule has 0 unspecified atom stereocenters. The van der Waals surface area contributed by atoms with E-state index >= 15 is 0 Å². The van der Waals surface area contributed by atoms with Gasteiger partial charge in [-0.25, -0.2) is 0 Å². The summed E-state index contributed by atoms with van der Waals surface area (Å²) in [5.41, 5.74) is 6.17. The summed E-state index contributed by atoms with van der Waals surface area (Å²) in [5, 5.41) is 0. The number of hydrogen-bond acceptors (Lipinski definition) is 2. The van der Waals surface area contributed by atoms with Crippen LogP contribution in [-0.2, 0) is 0 Å². The van der Waals surface area contributed by atoms with Crippen molar-refractivity contribution < 1.29 is 0 Å². The molecular weight excluding hydrogens is 112 g/mol. The highest BCUT2D eigenvalue weighted by molar-refractivity contribution is 5.71. The Morgan fingerprint density at radius 3 is 2.89 bits per heavy atom. The first-order valence-electron chi connectivity index (χ1n) is 2.78. The minimum atomic E-state index is 0.508. The molecule has 2 nitrogen and oxygen atoms in total. The van der Waals surface area contributed by atoms with Gasteiger partial charge < -0.3 is 5.73 Å². The normalized spacial score (nSPS) is 11.3. The van der Waals surface area contributed by atoms with Crippen LogP contribution >= 0.6 is 0 Å². The smallest absolute Gasteiger partial charge is 0.0277 e. The number of nitrogens with two attached hydrogens (primary N) is 1. The topological polar surface area (TPSA) is 38.4 Å². The largest absolute Gasteiger partial charge is 0.327 e. The number of hydrogen-bond donors (Lipinski definition) is 1. The summed E-state index contributed by atoms with van der Waals surface area (Å²) in [6, 6.07) is 0. The third-order valence-corrected chi connectivity index (χ3v) is 0.829. The van der Waals surface area contributed by atoms with Gasteiger partial charge in [0.1, 0.15) is 0 Å². The lowest BCUT2D eigenvalue weighted by Gasteiger charge is -1.87. The summed E-state index contributed by atoms with van der Waals surface area (Å²) >= 11 is 0. The Labute approximate surface area is 55.8 Å². The summed E-state index contributed by atoms with van der Waals surface area (Å²) in [6.45, 7) is 4.18. The summed E-state index contributed by atoms with van der Waals surface area (Å²) in [6.07, 6.45) is 5.35. The molecule has 2 N–H and O–H groups in total. The Hall–Kier alpha value is -0.890. The van der Waals surface area contributed by atoms with Gasteiger partial charge in [0.2, 0.25) is 0 Å². The maximum Gasteiger partial charge on any atom is 0.0277 e. The van der Waals surface area contributed by atoms with Crippen molar-refractivity contribution >= 4 is 6.21 Å². The molecule has 0 aliphatic heterocycles. The molecular formula is C7H12N2. The van der Waals surface area contributed by atoms with Crippen LogP contribution in [0.25, 0.3) is 0 Å². The molecule has 0 heterocycles. The van der Waals surface area contributed by atoms with Gasteiger partial charge >= 0.3 is 0 Å². The fourth-order valence-electron chi connectivity index (χ4n) is 0.333. The van der Waals surface area contributed by atoms with Crippen LogP contribution in [0.15, 0.2) is 29.3 Å². The van der Waals surface area contributed by atoms with E-state index < -0.39 is 0 Å². The molecule has 0 aromatic carbocycles. The van der Waals surface area contributed by atoms with Gasteiger partial charge in [0.15, 0.2) is 0 Å². The van der Waals surface area contributed by atoms with Crippen LogP contribution in [0, 0.1) is 0 Å². The van der Waals surface area contributed by atoms with E-state index in [9.17, 15) is 0 Å². The summed E-state index contributed by atoms with van der Waals surface area (Å²) in [7, 11) is 1.72. The van der Waals surface area contributed by atoms with Gasteiger partial charge in [-0.15, -0.1) is 0 Å². The molecule has 0 fully saturated rings. The zero-order valence-electron chi connectivity index (χ0n) is 5.67. The maximum absolute atomic E-state index is 5.26. The number of aliphatic imine (C=N–C) groups is 1. The summed E-state index contributed by atoms with van der Waals surface area (Å²) in [5.74, 6) is 0. The van der Waals surface area contributed by atoms with Crippen LogP contribution in [0.4, 0.5) is 0 Å². The Morgan fingerprint density at radius 2 is 2.44 bits per heavy atom. The molecule has 0 amide bonds. The average Bonchev–Trinajstić information content (AvgIpc) is 1.89. The van der Waals surface area contributed by atoms with Crippen molar-refractivity contribution in [3.8, 4) is 0 Å². The van der Waals surface area contributed by atoms with Gasteiger partial charge in [0.05, 0.1) is 0 Å².